The standard InChI is InChI=1S/C17H18N4O2S/c1-3-20-10-13(9-18-20)11-21-16(22)15(19-17(21)24)8-12-5-4-6-14(7-12)23-2/h4-10H,3,11H2,1-2H3,(H,19,24)/b15-8+. The molecule has 0 radical (unpaired) electrons. The molecule has 1 N–H and O–H groups in total. The highest BCUT2D eigenvalue weighted by molar-refractivity contribution is 7.80. The Bertz CT molecular complexity index is 812. The summed E-state index contributed by atoms with van der Waals surface area (Å²) >= 11 is 5.30. The van der Waals surface area contributed by atoms with Gasteiger partial charge in [0.1, 0.15) is 11.4 Å². The molecule has 2 heterocycles. The summed E-state index contributed by atoms with van der Waals surface area (Å²) in [5, 5.41) is 7.60. The topological polar surface area (TPSA) is 59.4 Å². The fraction of sp³-hybridized carbons (Fsp3) is 0.235. The van der Waals surface area contributed by atoms with Crippen molar-refractivity contribution in [3.63, 3.8) is 0 Å². The zero-order valence-corrected chi connectivity index (χ0v) is 14.3. The van der Waals surface area contributed by atoms with Crippen LogP contribution >= 0.6 is 12.2 Å². The molecule has 1 fully saturated rings. The molecule has 1 amide bonds. The van der Waals surface area contributed by atoms with Crippen LogP contribution in [0.2, 0.25) is 0 Å². The van der Waals surface area contributed by atoms with Crippen molar-refractivity contribution in [1.29, 1.82) is 0 Å². The van der Waals surface area contributed by atoms with E-state index in [4.69, 9.17) is 17.0 Å². The molecule has 7 heteroatoms. The van der Waals surface area contributed by atoms with Gasteiger partial charge in [-0.05, 0) is 42.9 Å². The third kappa shape index (κ3) is 3.30. The lowest BCUT2D eigenvalue weighted by molar-refractivity contribution is -0.122. The molecule has 0 saturated carbocycles. The van der Waals surface area contributed by atoms with Gasteiger partial charge in [0.15, 0.2) is 5.11 Å². The van der Waals surface area contributed by atoms with E-state index in [9.17, 15) is 4.79 Å². The van der Waals surface area contributed by atoms with Crippen molar-refractivity contribution in [1.82, 2.24) is 20.0 Å². The monoisotopic (exact) mass is 342 g/mol. The van der Waals surface area contributed by atoms with Crippen LogP contribution in [0.4, 0.5) is 0 Å². The number of nitrogens with one attached hydrogen (secondary N) is 1. The van der Waals surface area contributed by atoms with E-state index in [1.165, 1.54) is 0 Å². The van der Waals surface area contributed by atoms with Gasteiger partial charge in [0.2, 0.25) is 0 Å². The molecule has 3 rings (SSSR count). The van der Waals surface area contributed by atoms with Gasteiger partial charge >= 0.3 is 0 Å². The molecule has 0 bridgehead atoms. The second kappa shape index (κ2) is 6.84. The van der Waals surface area contributed by atoms with E-state index in [0.717, 1.165) is 23.4 Å². The van der Waals surface area contributed by atoms with Crippen molar-refractivity contribution in [3.8, 4) is 5.75 Å². The first-order valence-corrected chi connectivity index (χ1v) is 8.01. The smallest absolute Gasteiger partial charge is 0.276 e. The van der Waals surface area contributed by atoms with Gasteiger partial charge in [0.25, 0.3) is 5.91 Å². The second-order valence-corrected chi connectivity index (χ2v) is 5.75. The number of benzene rings is 1. The number of ether oxygens (including phenoxy) is 1. The highest BCUT2D eigenvalue weighted by atomic mass is 32.1. The lowest BCUT2D eigenvalue weighted by Gasteiger charge is -2.12. The Balaban J connectivity index is 1.79. The zero-order valence-electron chi connectivity index (χ0n) is 13.5. The fourth-order valence-corrected chi connectivity index (χ4v) is 2.71. The molecule has 2 aromatic rings. The average molecular weight is 342 g/mol. The zero-order chi connectivity index (χ0) is 17.1. The summed E-state index contributed by atoms with van der Waals surface area (Å²) in [6.45, 7) is 3.21. The summed E-state index contributed by atoms with van der Waals surface area (Å²) in [6.07, 6.45) is 5.44. The second-order valence-electron chi connectivity index (χ2n) is 5.36. The Hall–Kier alpha value is -2.67. The number of amides is 1. The molecule has 0 spiro atoms. The normalized spacial score (nSPS) is 15.9. The molecule has 24 heavy (non-hydrogen) atoms. The minimum Gasteiger partial charge on any atom is -0.497 e. The molecular weight excluding hydrogens is 324 g/mol. The number of aryl methyl sites for hydroxylation is 1. The Morgan fingerprint density at radius 1 is 1.42 bits per heavy atom. The quantitative estimate of drug-likeness (QED) is 0.667. The van der Waals surface area contributed by atoms with Crippen molar-refractivity contribution in [3.05, 3.63) is 53.5 Å². The van der Waals surface area contributed by atoms with Crippen LogP contribution in [-0.4, -0.2) is 32.8 Å². The molecule has 0 unspecified atom stereocenters. The van der Waals surface area contributed by atoms with Crippen molar-refractivity contribution in [2.24, 2.45) is 0 Å². The molecule has 6 nitrogen and oxygen atoms in total. The molecule has 124 valence electrons. The van der Waals surface area contributed by atoms with Gasteiger partial charge in [0.05, 0.1) is 19.9 Å². The van der Waals surface area contributed by atoms with E-state index in [1.807, 2.05) is 42.1 Å². The number of methoxy groups -OCH3 is 1. The Labute approximate surface area is 145 Å². The Morgan fingerprint density at radius 2 is 2.25 bits per heavy atom. The summed E-state index contributed by atoms with van der Waals surface area (Å²) in [5.74, 6) is 0.591. The molecule has 1 aromatic carbocycles. The molecule has 0 aliphatic carbocycles. The SMILES string of the molecule is CCn1cc(CN2C(=O)/C(=C\c3cccc(OC)c3)NC2=S)cn1. The van der Waals surface area contributed by atoms with E-state index >= 15 is 0 Å². The number of rotatable bonds is 5. The number of hydrogen-bond acceptors (Lipinski definition) is 4. The van der Waals surface area contributed by atoms with Gasteiger partial charge in [-0.1, -0.05) is 12.1 Å². The van der Waals surface area contributed by atoms with Gasteiger partial charge in [-0.2, -0.15) is 5.10 Å². The third-order valence-electron chi connectivity index (χ3n) is 3.72. The minimum absolute atomic E-state index is 0.146. The number of thiocarbonyl (C=S) groups is 1. The Kier molecular flexibility index (Phi) is 4.61. The van der Waals surface area contributed by atoms with Crippen LogP contribution in [0.25, 0.3) is 6.08 Å². The van der Waals surface area contributed by atoms with Crippen LogP contribution < -0.4 is 10.1 Å². The van der Waals surface area contributed by atoms with Crippen molar-refractivity contribution >= 4 is 29.3 Å². The first kappa shape index (κ1) is 16.2. The number of aromatic nitrogens is 2. The summed E-state index contributed by atoms with van der Waals surface area (Å²) < 4.78 is 7.02. The molecular formula is C17H18N4O2S. The van der Waals surface area contributed by atoms with Crippen LogP contribution in [0.1, 0.15) is 18.1 Å². The predicted molar refractivity (Wildman–Crippen MR) is 95.2 cm³/mol. The predicted octanol–water partition coefficient (Wildman–Crippen LogP) is 2.17. The van der Waals surface area contributed by atoms with Crippen LogP contribution in [-0.2, 0) is 17.9 Å². The van der Waals surface area contributed by atoms with Crippen molar-refractivity contribution < 1.29 is 9.53 Å². The highest BCUT2D eigenvalue weighted by Crippen LogP contribution is 2.19. The van der Waals surface area contributed by atoms with Gasteiger partial charge in [-0.25, -0.2) is 0 Å². The Morgan fingerprint density at radius 3 is 2.96 bits per heavy atom. The van der Waals surface area contributed by atoms with Crippen molar-refractivity contribution in [2.75, 3.05) is 7.11 Å². The van der Waals surface area contributed by atoms with Crippen LogP contribution in [0.5, 0.6) is 5.75 Å². The number of carbonyl (C=O) groups excluding carboxylic acids is 1. The molecule has 1 aliphatic heterocycles. The first-order chi connectivity index (χ1) is 11.6. The average Bonchev–Trinajstić information content (AvgIpc) is 3.15. The maximum absolute atomic E-state index is 12.6. The summed E-state index contributed by atoms with van der Waals surface area (Å²) in [7, 11) is 1.61. The largest absolute Gasteiger partial charge is 0.497 e. The lowest BCUT2D eigenvalue weighted by Crippen LogP contribution is -2.29. The fourth-order valence-electron chi connectivity index (χ4n) is 2.46. The van der Waals surface area contributed by atoms with Crippen LogP contribution in [0.15, 0.2) is 42.4 Å². The number of nitrogens with zero attached hydrogens (tertiary/aromatic N) is 3. The van der Waals surface area contributed by atoms with Crippen LogP contribution in [0.3, 0.4) is 0 Å². The van der Waals surface area contributed by atoms with E-state index in [2.05, 4.69) is 10.4 Å². The summed E-state index contributed by atoms with van der Waals surface area (Å²) in [6, 6.07) is 7.49. The van der Waals surface area contributed by atoms with Gasteiger partial charge in [-0.3, -0.25) is 14.4 Å². The van der Waals surface area contributed by atoms with E-state index in [0.29, 0.717) is 17.4 Å². The number of hydrogen-bond donors (Lipinski definition) is 1. The number of carbonyl (C=O) groups is 1. The summed E-state index contributed by atoms with van der Waals surface area (Å²) in [5.41, 5.74) is 2.27. The van der Waals surface area contributed by atoms with Gasteiger partial charge in [0, 0.05) is 18.3 Å². The maximum atomic E-state index is 12.6. The van der Waals surface area contributed by atoms with E-state index in [-0.39, 0.29) is 5.91 Å². The van der Waals surface area contributed by atoms with E-state index < -0.39 is 0 Å². The van der Waals surface area contributed by atoms with E-state index in [1.54, 1.807) is 24.3 Å². The summed E-state index contributed by atoms with van der Waals surface area (Å²) in [4.78, 5) is 14.1. The lowest BCUT2D eigenvalue weighted by atomic mass is 10.2. The van der Waals surface area contributed by atoms with Crippen molar-refractivity contribution in [2.45, 2.75) is 20.0 Å². The molecule has 1 aliphatic rings. The minimum atomic E-state index is -0.146. The first-order valence-electron chi connectivity index (χ1n) is 7.60. The maximum Gasteiger partial charge on any atom is 0.276 e. The third-order valence-corrected chi connectivity index (χ3v) is 4.04. The molecule has 0 atom stereocenters. The molecule has 1 saturated heterocycles. The highest BCUT2D eigenvalue weighted by Gasteiger charge is 2.30. The molecule has 1 aromatic heterocycles. The van der Waals surface area contributed by atoms with Crippen LogP contribution in [0, 0.1) is 0 Å². The van der Waals surface area contributed by atoms with Gasteiger partial charge < -0.3 is 10.1 Å². The van der Waals surface area contributed by atoms with Gasteiger partial charge in [-0.15, -0.1) is 0 Å².